The molecule has 1 aliphatic rings. The summed E-state index contributed by atoms with van der Waals surface area (Å²) < 4.78 is 26.5. The van der Waals surface area contributed by atoms with Crippen LogP contribution in [-0.4, -0.2) is 29.8 Å². The molecular formula is C21H22F2N2O2. The summed E-state index contributed by atoms with van der Waals surface area (Å²) in [5.74, 6) is -2.91. The summed E-state index contributed by atoms with van der Waals surface area (Å²) in [4.78, 5) is 26.7. The lowest BCUT2D eigenvalue weighted by molar-refractivity contribution is -0.121. The van der Waals surface area contributed by atoms with Crippen LogP contribution in [0.3, 0.4) is 0 Å². The Kier molecular flexibility index (Phi) is 5.54. The third-order valence-corrected chi connectivity index (χ3v) is 5.02. The fourth-order valence-electron chi connectivity index (χ4n) is 3.25. The number of benzene rings is 2. The smallest absolute Gasteiger partial charge is 0.253 e. The molecule has 1 N–H and O–H groups in total. The number of nitrogens with zero attached hydrogens (tertiary/aromatic N) is 1. The maximum absolute atomic E-state index is 13.4. The normalized spacial score (nSPS) is 16.9. The Labute approximate surface area is 157 Å². The molecule has 1 aliphatic heterocycles. The van der Waals surface area contributed by atoms with Gasteiger partial charge in [0.25, 0.3) is 5.91 Å². The number of carbonyl (C=O) groups excluding carboxylic acids is 2. The van der Waals surface area contributed by atoms with Gasteiger partial charge in [0.05, 0.1) is 5.92 Å². The summed E-state index contributed by atoms with van der Waals surface area (Å²) in [6.07, 6.45) is 1.36. The quantitative estimate of drug-likeness (QED) is 0.883. The molecule has 0 radical (unpaired) electrons. The number of hydrogen-bond donors (Lipinski definition) is 1. The summed E-state index contributed by atoms with van der Waals surface area (Å²) >= 11 is 0. The summed E-state index contributed by atoms with van der Waals surface area (Å²) in [6, 6.07) is 8.82. The van der Waals surface area contributed by atoms with Gasteiger partial charge < -0.3 is 10.2 Å². The van der Waals surface area contributed by atoms with Crippen molar-refractivity contribution in [3.8, 4) is 0 Å². The van der Waals surface area contributed by atoms with E-state index in [4.69, 9.17) is 0 Å². The predicted molar refractivity (Wildman–Crippen MR) is 99.5 cm³/mol. The first-order valence-electron chi connectivity index (χ1n) is 8.97. The number of hydrogen-bond acceptors (Lipinski definition) is 2. The third-order valence-electron chi connectivity index (χ3n) is 5.02. The summed E-state index contributed by atoms with van der Waals surface area (Å²) in [5.41, 5.74) is 3.05. The fourth-order valence-corrected chi connectivity index (χ4v) is 3.25. The average Bonchev–Trinajstić information content (AvgIpc) is 2.66. The molecule has 27 heavy (non-hydrogen) atoms. The van der Waals surface area contributed by atoms with Crippen molar-refractivity contribution in [3.05, 3.63) is 64.7 Å². The molecule has 0 aliphatic carbocycles. The van der Waals surface area contributed by atoms with E-state index in [2.05, 4.69) is 5.32 Å². The van der Waals surface area contributed by atoms with E-state index in [0.29, 0.717) is 19.4 Å². The second kappa shape index (κ2) is 7.86. The van der Waals surface area contributed by atoms with Gasteiger partial charge in [0.15, 0.2) is 11.6 Å². The zero-order chi connectivity index (χ0) is 19.6. The molecule has 2 aromatic rings. The molecule has 1 atom stereocenters. The van der Waals surface area contributed by atoms with Gasteiger partial charge in [-0.3, -0.25) is 9.59 Å². The van der Waals surface area contributed by atoms with Crippen molar-refractivity contribution in [2.75, 3.05) is 18.4 Å². The molecule has 142 valence electrons. The zero-order valence-corrected chi connectivity index (χ0v) is 15.4. The Morgan fingerprint density at radius 3 is 2.52 bits per heavy atom. The second-order valence-corrected chi connectivity index (χ2v) is 7.01. The van der Waals surface area contributed by atoms with Crippen LogP contribution in [-0.2, 0) is 4.79 Å². The van der Waals surface area contributed by atoms with Gasteiger partial charge in [0.1, 0.15) is 0 Å². The minimum atomic E-state index is -1.05. The molecule has 0 spiro atoms. The Morgan fingerprint density at radius 1 is 1.04 bits per heavy atom. The molecule has 0 unspecified atom stereocenters. The van der Waals surface area contributed by atoms with Crippen molar-refractivity contribution in [2.45, 2.75) is 26.7 Å². The Morgan fingerprint density at radius 2 is 1.81 bits per heavy atom. The van der Waals surface area contributed by atoms with Crippen molar-refractivity contribution in [1.29, 1.82) is 0 Å². The van der Waals surface area contributed by atoms with Gasteiger partial charge in [-0.25, -0.2) is 8.78 Å². The van der Waals surface area contributed by atoms with E-state index in [1.54, 1.807) is 0 Å². The Bertz CT molecular complexity index is 882. The van der Waals surface area contributed by atoms with Crippen LogP contribution in [0.5, 0.6) is 0 Å². The van der Waals surface area contributed by atoms with Crippen LogP contribution in [0.2, 0.25) is 0 Å². The molecule has 2 amide bonds. The maximum atomic E-state index is 13.4. The fraction of sp³-hybridized carbons (Fsp3) is 0.333. The van der Waals surface area contributed by atoms with Gasteiger partial charge in [-0.1, -0.05) is 6.07 Å². The minimum Gasteiger partial charge on any atom is -0.338 e. The lowest BCUT2D eigenvalue weighted by atomic mass is 9.96. The average molecular weight is 372 g/mol. The molecule has 0 aromatic heterocycles. The van der Waals surface area contributed by atoms with Gasteiger partial charge in [-0.05, 0) is 68.1 Å². The Hall–Kier alpha value is -2.76. The highest BCUT2D eigenvalue weighted by molar-refractivity contribution is 5.96. The predicted octanol–water partition coefficient (Wildman–Crippen LogP) is 4.07. The monoisotopic (exact) mass is 372 g/mol. The van der Waals surface area contributed by atoms with Gasteiger partial charge in [-0.15, -0.1) is 0 Å². The van der Waals surface area contributed by atoms with Gasteiger partial charge >= 0.3 is 0 Å². The van der Waals surface area contributed by atoms with Crippen molar-refractivity contribution in [1.82, 2.24) is 4.90 Å². The van der Waals surface area contributed by atoms with Gasteiger partial charge in [0, 0.05) is 24.3 Å². The maximum Gasteiger partial charge on any atom is 0.253 e. The van der Waals surface area contributed by atoms with Gasteiger partial charge in [0.2, 0.25) is 5.91 Å². The van der Waals surface area contributed by atoms with Crippen LogP contribution >= 0.6 is 0 Å². The van der Waals surface area contributed by atoms with Crippen molar-refractivity contribution < 1.29 is 18.4 Å². The molecule has 0 saturated carbocycles. The first-order valence-corrected chi connectivity index (χ1v) is 8.97. The van der Waals surface area contributed by atoms with Crippen molar-refractivity contribution in [3.63, 3.8) is 0 Å². The van der Waals surface area contributed by atoms with Crippen LogP contribution in [0.1, 0.15) is 34.3 Å². The standard InChI is InChI=1S/C21H22F2N2O2/c1-13-5-7-17(10-14(13)2)24-20(26)16-4-3-9-25(12-16)21(27)15-6-8-18(22)19(23)11-15/h5-8,10-11,16H,3-4,9,12H2,1-2H3,(H,24,26)/t16-/m0/s1. The molecule has 0 bridgehead atoms. The van der Waals surface area contributed by atoms with E-state index in [9.17, 15) is 18.4 Å². The number of rotatable bonds is 3. The first kappa shape index (κ1) is 19.0. The van der Waals surface area contributed by atoms with Crippen LogP contribution in [0.25, 0.3) is 0 Å². The van der Waals surface area contributed by atoms with E-state index in [1.165, 1.54) is 11.0 Å². The number of anilines is 1. The van der Waals surface area contributed by atoms with E-state index in [1.807, 2.05) is 32.0 Å². The van der Waals surface area contributed by atoms with Gasteiger partial charge in [-0.2, -0.15) is 0 Å². The molecule has 1 heterocycles. The number of amides is 2. The highest BCUT2D eigenvalue weighted by Gasteiger charge is 2.29. The molecular weight excluding hydrogens is 350 g/mol. The number of likely N-dealkylation sites (tertiary alicyclic amines) is 1. The summed E-state index contributed by atoms with van der Waals surface area (Å²) in [5, 5.41) is 2.91. The van der Waals surface area contributed by atoms with E-state index < -0.39 is 17.5 Å². The largest absolute Gasteiger partial charge is 0.338 e. The topological polar surface area (TPSA) is 49.4 Å². The second-order valence-electron chi connectivity index (χ2n) is 7.01. The lowest BCUT2D eigenvalue weighted by Crippen LogP contribution is -2.43. The van der Waals surface area contributed by atoms with Crippen molar-refractivity contribution >= 4 is 17.5 Å². The number of aryl methyl sites for hydroxylation is 2. The number of piperidine rings is 1. The van der Waals surface area contributed by atoms with E-state index in [-0.39, 0.29) is 23.9 Å². The molecule has 1 fully saturated rings. The minimum absolute atomic E-state index is 0.0871. The summed E-state index contributed by atoms with van der Waals surface area (Å²) in [6.45, 7) is 4.73. The molecule has 1 saturated heterocycles. The number of nitrogens with one attached hydrogen (secondary N) is 1. The number of carbonyl (C=O) groups is 2. The SMILES string of the molecule is Cc1ccc(NC(=O)[C@H]2CCCN(C(=O)c3ccc(F)c(F)c3)C2)cc1C. The molecule has 3 rings (SSSR count). The van der Waals surface area contributed by atoms with E-state index in [0.717, 1.165) is 28.9 Å². The lowest BCUT2D eigenvalue weighted by Gasteiger charge is -2.32. The first-order chi connectivity index (χ1) is 12.8. The summed E-state index contributed by atoms with van der Waals surface area (Å²) in [7, 11) is 0. The third kappa shape index (κ3) is 4.32. The molecule has 4 nitrogen and oxygen atoms in total. The molecule has 6 heteroatoms. The zero-order valence-electron chi connectivity index (χ0n) is 15.4. The van der Waals surface area contributed by atoms with Crippen LogP contribution in [0, 0.1) is 31.4 Å². The van der Waals surface area contributed by atoms with Crippen molar-refractivity contribution in [2.24, 2.45) is 5.92 Å². The van der Waals surface area contributed by atoms with Crippen LogP contribution < -0.4 is 5.32 Å². The van der Waals surface area contributed by atoms with E-state index >= 15 is 0 Å². The Balaban J connectivity index is 1.67. The highest BCUT2D eigenvalue weighted by Crippen LogP contribution is 2.22. The van der Waals surface area contributed by atoms with Crippen LogP contribution in [0.4, 0.5) is 14.5 Å². The van der Waals surface area contributed by atoms with Crippen LogP contribution in [0.15, 0.2) is 36.4 Å². The molecule has 2 aromatic carbocycles. The number of halogens is 2. The highest BCUT2D eigenvalue weighted by atomic mass is 19.2.